The molecule has 0 unspecified atom stereocenters. The standard InChI is InChI=1S/C20H26BNO3/c1-18(2)19(3,4)25-21(24-18)15-8-7-14-9-12-22(17(23)16(14)13-15)20(5)10-6-11-20/h7-9,12-13H,6,10-11H2,1-5H3. The number of pyridine rings is 1. The minimum Gasteiger partial charge on any atom is -0.399 e. The van der Waals surface area contributed by atoms with E-state index in [0.717, 1.165) is 29.1 Å². The van der Waals surface area contributed by atoms with Gasteiger partial charge in [0.2, 0.25) is 0 Å². The van der Waals surface area contributed by atoms with E-state index < -0.39 is 7.12 Å². The summed E-state index contributed by atoms with van der Waals surface area (Å²) in [5, 5.41) is 1.70. The van der Waals surface area contributed by atoms with Crippen LogP contribution in [-0.2, 0) is 14.8 Å². The predicted octanol–water partition coefficient (Wildman–Crippen LogP) is 3.20. The van der Waals surface area contributed by atoms with Gasteiger partial charge in [0.05, 0.1) is 11.2 Å². The first-order chi connectivity index (χ1) is 11.6. The number of benzene rings is 1. The van der Waals surface area contributed by atoms with Gasteiger partial charge in [-0.2, -0.15) is 0 Å². The second-order valence-corrected chi connectivity index (χ2v) is 8.78. The van der Waals surface area contributed by atoms with Crippen molar-refractivity contribution in [3.63, 3.8) is 0 Å². The Bertz CT molecular complexity index is 879. The summed E-state index contributed by atoms with van der Waals surface area (Å²) in [6.45, 7) is 10.3. The summed E-state index contributed by atoms with van der Waals surface area (Å²) < 4.78 is 14.2. The van der Waals surface area contributed by atoms with Crippen LogP contribution in [0, 0.1) is 0 Å². The molecule has 1 aromatic heterocycles. The van der Waals surface area contributed by atoms with E-state index in [1.165, 1.54) is 6.42 Å². The average Bonchev–Trinajstić information content (AvgIpc) is 2.73. The number of nitrogens with zero attached hydrogens (tertiary/aromatic N) is 1. The Morgan fingerprint density at radius 1 is 1.00 bits per heavy atom. The molecule has 1 aliphatic heterocycles. The van der Waals surface area contributed by atoms with E-state index in [0.29, 0.717) is 0 Å². The van der Waals surface area contributed by atoms with Crippen molar-refractivity contribution < 1.29 is 9.31 Å². The molecule has 2 heterocycles. The van der Waals surface area contributed by atoms with Gasteiger partial charge in [-0.25, -0.2) is 0 Å². The van der Waals surface area contributed by atoms with Crippen LogP contribution in [0.1, 0.15) is 53.9 Å². The SMILES string of the molecule is CC1(n2ccc3ccc(B4OC(C)(C)C(C)(C)O4)cc3c2=O)CCC1. The van der Waals surface area contributed by atoms with Crippen molar-refractivity contribution >= 4 is 23.4 Å². The second-order valence-electron chi connectivity index (χ2n) is 8.78. The average molecular weight is 339 g/mol. The van der Waals surface area contributed by atoms with Crippen LogP contribution >= 0.6 is 0 Å². The van der Waals surface area contributed by atoms with Crippen LogP contribution in [0.25, 0.3) is 10.8 Å². The van der Waals surface area contributed by atoms with Gasteiger partial charge in [-0.1, -0.05) is 12.1 Å². The van der Waals surface area contributed by atoms with Gasteiger partial charge in [0.15, 0.2) is 0 Å². The molecule has 4 nitrogen and oxygen atoms in total. The number of rotatable bonds is 2. The third-order valence-electron chi connectivity index (χ3n) is 6.47. The van der Waals surface area contributed by atoms with Gasteiger partial charge in [0.1, 0.15) is 0 Å². The van der Waals surface area contributed by atoms with Crippen LogP contribution in [0.4, 0.5) is 0 Å². The van der Waals surface area contributed by atoms with Crippen LogP contribution < -0.4 is 11.0 Å². The molecule has 5 heteroatoms. The molecule has 0 atom stereocenters. The van der Waals surface area contributed by atoms with Crippen LogP contribution in [0.15, 0.2) is 35.3 Å². The molecule has 0 amide bonds. The van der Waals surface area contributed by atoms with E-state index in [2.05, 4.69) is 6.92 Å². The number of hydrogen-bond acceptors (Lipinski definition) is 3. The highest BCUT2D eigenvalue weighted by molar-refractivity contribution is 6.62. The summed E-state index contributed by atoms with van der Waals surface area (Å²) in [6.07, 6.45) is 5.26. The minimum absolute atomic E-state index is 0.0361. The summed E-state index contributed by atoms with van der Waals surface area (Å²) in [5.74, 6) is 0. The Balaban J connectivity index is 1.78. The summed E-state index contributed by atoms with van der Waals surface area (Å²) >= 11 is 0. The van der Waals surface area contributed by atoms with Gasteiger partial charge in [-0.3, -0.25) is 4.79 Å². The lowest BCUT2D eigenvalue weighted by atomic mass is 9.77. The van der Waals surface area contributed by atoms with E-state index in [1.807, 2.05) is 62.7 Å². The van der Waals surface area contributed by atoms with Gasteiger partial charge in [0.25, 0.3) is 5.56 Å². The first kappa shape index (κ1) is 16.9. The van der Waals surface area contributed by atoms with Gasteiger partial charge in [-0.05, 0) is 76.9 Å². The maximum absolute atomic E-state index is 13.1. The van der Waals surface area contributed by atoms with Crippen LogP contribution in [0.2, 0.25) is 0 Å². The Hall–Kier alpha value is -1.59. The quantitative estimate of drug-likeness (QED) is 0.789. The molecule has 4 rings (SSSR count). The third-order valence-corrected chi connectivity index (χ3v) is 6.47. The molecule has 132 valence electrons. The fourth-order valence-electron chi connectivity index (χ4n) is 3.74. The molecule has 0 spiro atoms. The zero-order valence-electron chi connectivity index (χ0n) is 15.8. The highest BCUT2D eigenvalue weighted by atomic mass is 16.7. The van der Waals surface area contributed by atoms with Gasteiger partial charge < -0.3 is 13.9 Å². The Labute approximate surface area is 149 Å². The largest absolute Gasteiger partial charge is 0.494 e. The Morgan fingerprint density at radius 3 is 2.20 bits per heavy atom. The van der Waals surface area contributed by atoms with E-state index in [1.54, 1.807) is 0 Å². The zero-order chi connectivity index (χ0) is 18.0. The topological polar surface area (TPSA) is 40.5 Å². The molecule has 0 N–H and O–H groups in total. The summed E-state index contributed by atoms with van der Waals surface area (Å²) in [7, 11) is -0.443. The van der Waals surface area contributed by atoms with Crippen LogP contribution in [0.5, 0.6) is 0 Å². The highest BCUT2D eigenvalue weighted by Gasteiger charge is 2.51. The van der Waals surface area contributed by atoms with Crippen molar-refractivity contribution in [2.24, 2.45) is 0 Å². The zero-order valence-corrected chi connectivity index (χ0v) is 15.8. The van der Waals surface area contributed by atoms with Gasteiger partial charge in [0, 0.05) is 17.1 Å². The monoisotopic (exact) mass is 339 g/mol. The number of fused-ring (bicyclic) bond motifs is 1. The summed E-state index contributed by atoms with van der Waals surface area (Å²) in [5.41, 5.74) is 0.176. The molecule has 2 aromatic rings. The number of hydrogen-bond donors (Lipinski definition) is 0. The summed E-state index contributed by atoms with van der Waals surface area (Å²) in [6, 6.07) is 7.97. The van der Waals surface area contributed by atoms with E-state index in [9.17, 15) is 4.79 Å². The lowest BCUT2D eigenvalue weighted by Crippen LogP contribution is -2.43. The van der Waals surface area contributed by atoms with Crippen molar-refractivity contribution in [2.45, 2.75) is 70.6 Å². The molecular weight excluding hydrogens is 313 g/mol. The second kappa shape index (κ2) is 5.21. The fraction of sp³-hybridized carbons (Fsp3) is 0.550. The summed E-state index contributed by atoms with van der Waals surface area (Å²) in [4.78, 5) is 13.1. The molecule has 1 aromatic carbocycles. The fourth-order valence-corrected chi connectivity index (χ4v) is 3.74. The van der Waals surface area contributed by atoms with E-state index >= 15 is 0 Å². The molecule has 1 saturated heterocycles. The van der Waals surface area contributed by atoms with E-state index in [4.69, 9.17) is 9.31 Å². The first-order valence-corrected chi connectivity index (χ1v) is 9.15. The normalized spacial score (nSPS) is 23.6. The smallest absolute Gasteiger partial charge is 0.399 e. The number of aromatic nitrogens is 1. The molecular formula is C20H26BNO3. The Kier molecular flexibility index (Phi) is 3.51. The molecule has 0 bridgehead atoms. The molecule has 25 heavy (non-hydrogen) atoms. The Morgan fingerprint density at radius 2 is 1.64 bits per heavy atom. The van der Waals surface area contributed by atoms with Gasteiger partial charge in [-0.15, -0.1) is 0 Å². The maximum Gasteiger partial charge on any atom is 0.494 e. The lowest BCUT2D eigenvalue weighted by molar-refractivity contribution is 0.00578. The van der Waals surface area contributed by atoms with E-state index in [-0.39, 0.29) is 22.3 Å². The molecule has 1 saturated carbocycles. The van der Waals surface area contributed by atoms with Gasteiger partial charge >= 0.3 is 7.12 Å². The molecule has 2 fully saturated rings. The predicted molar refractivity (Wildman–Crippen MR) is 101 cm³/mol. The minimum atomic E-state index is -0.443. The molecule has 2 aliphatic rings. The highest BCUT2D eigenvalue weighted by Crippen LogP contribution is 2.38. The van der Waals surface area contributed by atoms with Crippen molar-refractivity contribution in [1.82, 2.24) is 4.57 Å². The molecule has 0 radical (unpaired) electrons. The third kappa shape index (κ3) is 2.48. The maximum atomic E-state index is 13.1. The van der Waals surface area contributed by atoms with Crippen molar-refractivity contribution in [3.05, 3.63) is 40.8 Å². The lowest BCUT2D eigenvalue weighted by Gasteiger charge is -2.40. The first-order valence-electron chi connectivity index (χ1n) is 9.15. The van der Waals surface area contributed by atoms with Crippen molar-refractivity contribution in [1.29, 1.82) is 0 Å². The van der Waals surface area contributed by atoms with Crippen LogP contribution in [0.3, 0.4) is 0 Å². The van der Waals surface area contributed by atoms with Crippen LogP contribution in [-0.4, -0.2) is 22.9 Å². The van der Waals surface area contributed by atoms with Crippen molar-refractivity contribution in [3.8, 4) is 0 Å². The molecule has 1 aliphatic carbocycles. The van der Waals surface area contributed by atoms with Crippen molar-refractivity contribution in [2.75, 3.05) is 0 Å².